The van der Waals surface area contributed by atoms with Gasteiger partial charge < -0.3 is 10.6 Å². The van der Waals surface area contributed by atoms with Gasteiger partial charge in [-0.2, -0.15) is 0 Å². The van der Waals surface area contributed by atoms with E-state index < -0.39 is 9.84 Å². The van der Waals surface area contributed by atoms with Gasteiger partial charge in [-0.3, -0.25) is 9.59 Å². The molecule has 0 radical (unpaired) electrons. The molecule has 2 aromatic carbocycles. The van der Waals surface area contributed by atoms with E-state index in [1.54, 1.807) is 54.6 Å². The second-order valence-electron chi connectivity index (χ2n) is 7.10. The Balaban J connectivity index is 1.59. The number of nitrogens with one attached hydrogen (secondary N) is 2. The second kappa shape index (κ2) is 9.05. The number of carbonyl (C=O) groups excluding carboxylic acids is 2. The monoisotopic (exact) mass is 412 g/mol. The van der Waals surface area contributed by atoms with E-state index in [2.05, 4.69) is 10.6 Å². The van der Waals surface area contributed by atoms with Crippen LogP contribution in [0.15, 0.2) is 59.5 Å². The highest BCUT2D eigenvalue weighted by Crippen LogP contribution is 2.30. The molecule has 0 bridgehead atoms. The normalized spacial score (nSPS) is 14.8. The summed E-state index contributed by atoms with van der Waals surface area (Å²) in [6.45, 7) is 1.44. The third-order valence-electron chi connectivity index (χ3n) is 4.85. The Labute approximate surface area is 170 Å². The number of sulfone groups is 1. The molecule has 3 rings (SSSR count). The second-order valence-corrected chi connectivity index (χ2v) is 9.33. The Morgan fingerprint density at radius 1 is 0.897 bits per heavy atom. The Morgan fingerprint density at radius 3 is 2.03 bits per heavy atom. The lowest BCUT2D eigenvalue weighted by Crippen LogP contribution is -2.17. The first kappa shape index (κ1) is 20.8. The summed E-state index contributed by atoms with van der Waals surface area (Å²) < 4.78 is 25.2. The minimum absolute atomic E-state index is 0.144. The Bertz CT molecular complexity index is 1000. The van der Waals surface area contributed by atoms with Crippen molar-refractivity contribution in [2.75, 3.05) is 10.6 Å². The quantitative estimate of drug-likeness (QED) is 0.701. The van der Waals surface area contributed by atoms with Crippen molar-refractivity contribution in [3.63, 3.8) is 0 Å². The van der Waals surface area contributed by atoms with Crippen LogP contribution in [0, 0.1) is 0 Å². The van der Waals surface area contributed by atoms with Crippen molar-refractivity contribution < 1.29 is 18.0 Å². The first-order valence-corrected chi connectivity index (χ1v) is 11.1. The van der Waals surface area contributed by atoms with Crippen LogP contribution < -0.4 is 10.6 Å². The van der Waals surface area contributed by atoms with Gasteiger partial charge in [-0.05, 0) is 60.9 Å². The van der Waals surface area contributed by atoms with Gasteiger partial charge in [0.2, 0.25) is 11.8 Å². The van der Waals surface area contributed by atoms with E-state index in [-0.39, 0.29) is 17.1 Å². The lowest BCUT2D eigenvalue weighted by Gasteiger charge is -2.11. The molecular formula is C22H24N2O4S. The molecule has 0 unspecified atom stereocenters. The molecule has 0 saturated heterocycles. The van der Waals surface area contributed by atoms with Crippen LogP contribution >= 0.6 is 0 Å². The molecule has 0 heterocycles. The number of benzene rings is 2. The van der Waals surface area contributed by atoms with Crippen LogP contribution in [0.2, 0.25) is 0 Å². The van der Waals surface area contributed by atoms with Crippen LogP contribution in [0.5, 0.6) is 0 Å². The summed E-state index contributed by atoms with van der Waals surface area (Å²) in [6, 6.07) is 13.4. The van der Waals surface area contributed by atoms with Crippen LogP contribution in [0.1, 0.15) is 38.2 Å². The Kier molecular flexibility index (Phi) is 6.49. The van der Waals surface area contributed by atoms with Gasteiger partial charge in [-0.1, -0.05) is 25.0 Å². The maximum atomic E-state index is 12.6. The highest BCUT2D eigenvalue weighted by atomic mass is 32.2. The summed E-state index contributed by atoms with van der Waals surface area (Å²) in [6.07, 6.45) is 6.41. The van der Waals surface area contributed by atoms with Gasteiger partial charge in [0.15, 0.2) is 9.84 Å². The van der Waals surface area contributed by atoms with E-state index in [0.29, 0.717) is 16.3 Å². The highest BCUT2D eigenvalue weighted by molar-refractivity contribution is 7.92. The molecule has 152 valence electrons. The van der Waals surface area contributed by atoms with E-state index in [0.717, 1.165) is 31.2 Å². The lowest BCUT2D eigenvalue weighted by atomic mass is 10.2. The van der Waals surface area contributed by atoms with Crippen molar-refractivity contribution in [3.05, 3.63) is 60.2 Å². The molecule has 1 aliphatic carbocycles. The fraction of sp³-hybridized carbons (Fsp3) is 0.273. The van der Waals surface area contributed by atoms with Crippen molar-refractivity contribution in [2.45, 2.75) is 42.8 Å². The summed E-state index contributed by atoms with van der Waals surface area (Å²) in [5.74, 6) is -0.461. The first-order chi connectivity index (χ1) is 13.8. The average molecular weight is 413 g/mol. The molecule has 2 aromatic rings. The molecule has 7 heteroatoms. The maximum Gasteiger partial charge on any atom is 0.248 e. The van der Waals surface area contributed by atoms with Crippen LogP contribution in [0.3, 0.4) is 0 Å². The number of anilines is 2. The number of rotatable bonds is 6. The zero-order valence-electron chi connectivity index (χ0n) is 16.2. The third kappa shape index (κ3) is 5.54. The third-order valence-corrected chi connectivity index (χ3v) is 7.13. The zero-order chi connectivity index (χ0) is 20.9. The smallest absolute Gasteiger partial charge is 0.248 e. The number of hydrogen-bond acceptors (Lipinski definition) is 4. The molecule has 2 amide bonds. The summed E-state index contributed by atoms with van der Waals surface area (Å²) in [5, 5.41) is 5.11. The molecule has 0 atom stereocenters. The fourth-order valence-electron chi connectivity index (χ4n) is 3.36. The molecule has 0 aliphatic heterocycles. The predicted octanol–water partition coefficient (Wildman–Crippen LogP) is 4.01. The zero-order valence-corrected chi connectivity index (χ0v) is 17.0. The van der Waals surface area contributed by atoms with E-state index in [1.165, 1.54) is 13.0 Å². The van der Waals surface area contributed by atoms with E-state index in [9.17, 15) is 18.0 Å². The van der Waals surface area contributed by atoms with Crippen LogP contribution in [-0.2, 0) is 19.4 Å². The minimum Gasteiger partial charge on any atom is -0.326 e. The highest BCUT2D eigenvalue weighted by Gasteiger charge is 2.30. The van der Waals surface area contributed by atoms with Crippen LogP contribution in [-0.4, -0.2) is 25.5 Å². The van der Waals surface area contributed by atoms with Crippen molar-refractivity contribution in [3.8, 4) is 0 Å². The summed E-state index contributed by atoms with van der Waals surface area (Å²) in [7, 11) is -3.29. The van der Waals surface area contributed by atoms with Crippen LogP contribution in [0.4, 0.5) is 11.4 Å². The molecule has 2 N–H and O–H groups in total. The largest absolute Gasteiger partial charge is 0.326 e. The standard InChI is InChI=1S/C22H24N2O4S/c1-16(25)23-18-9-6-17(7-10-18)8-15-22(26)24-19-11-13-21(14-12-19)29(27,28)20-4-2-3-5-20/h6-15,20H,2-5H2,1H3,(H,23,25)(H,24,26). The minimum atomic E-state index is -3.29. The molecule has 0 spiro atoms. The van der Waals surface area contributed by atoms with Crippen molar-refractivity contribution >= 4 is 39.1 Å². The Hall–Kier alpha value is -2.93. The average Bonchev–Trinajstić information content (AvgIpc) is 3.23. The molecule has 1 saturated carbocycles. The topological polar surface area (TPSA) is 92.3 Å². The van der Waals surface area contributed by atoms with Gasteiger partial charge in [0, 0.05) is 24.4 Å². The summed E-state index contributed by atoms with van der Waals surface area (Å²) >= 11 is 0. The van der Waals surface area contributed by atoms with E-state index >= 15 is 0 Å². The Morgan fingerprint density at radius 2 is 1.45 bits per heavy atom. The molecular weight excluding hydrogens is 388 g/mol. The molecule has 1 aliphatic rings. The van der Waals surface area contributed by atoms with Gasteiger partial charge in [0.1, 0.15) is 0 Å². The van der Waals surface area contributed by atoms with Crippen molar-refractivity contribution in [1.82, 2.24) is 0 Å². The molecule has 1 fully saturated rings. The van der Waals surface area contributed by atoms with E-state index in [4.69, 9.17) is 0 Å². The number of amides is 2. The SMILES string of the molecule is CC(=O)Nc1ccc(C=CC(=O)Nc2ccc(S(=O)(=O)C3CCCC3)cc2)cc1. The van der Waals surface area contributed by atoms with Crippen molar-refractivity contribution in [2.24, 2.45) is 0 Å². The predicted molar refractivity (Wildman–Crippen MR) is 114 cm³/mol. The van der Waals surface area contributed by atoms with Crippen LogP contribution in [0.25, 0.3) is 6.08 Å². The molecule has 29 heavy (non-hydrogen) atoms. The van der Waals surface area contributed by atoms with Gasteiger partial charge in [-0.25, -0.2) is 8.42 Å². The van der Waals surface area contributed by atoms with Gasteiger partial charge in [0.25, 0.3) is 0 Å². The molecule has 0 aromatic heterocycles. The molecule has 6 nitrogen and oxygen atoms in total. The first-order valence-electron chi connectivity index (χ1n) is 9.55. The maximum absolute atomic E-state index is 12.6. The van der Waals surface area contributed by atoms with Gasteiger partial charge in [-0.15, -0.1) is 0 Å². The summed E-state index contributed by atoms with van der Waals surface area (Å²) in [4.78, 5) is 23.4. The van der Waals surface area contributed by atoms with E-state index in [1.807, 2.05) is 0 Å². The van der Waals surface area contributed by atoms with Gasteiger partial charge >= 0.3 is 0 Å². The fourth-order valence-corrected chi connectivity index (χ4v) is 5.21. The summed E-state index contributed by atoms with van der Waals surface area (Å²) in [5.41, 5.74) is 2.03. The number of hydrogen-bond donors (Lipinski definition) is 2. The van der Waals surface area contributed by atoms with Gasteiger partial charge in [0.05, 0.1) is 10.1 Å². The lowest BCUT2D eigenvalue weighted by molar-refractivity contribution is -0.114. The number of carbonyl (C=O) groups is 2. The van der Waals surface area contributed by atoms with Crippen molar-refractivity contribution in [1.29, 1.82) is 0 Å².